The molecular formula is C16H15N3S. The monoisotopic (exact) mass is 281 g/mol. The number of aromatic nitrogens is 2. The van der Waals surface area contributed by atoms with E-state index in [1.54, 1.807) is 11.3 Å². The third-order valence-corrected chi connectivity index (χ3v) is 3.86. The third-order valence-electron chi connectivity index (χ3n) is 3.08. The van der Waals surface area contributed by atoms with Gasteiger partial charge in [-0.25, -0.2) is 0 Å². The highest BCUT2D eigenvalue weighted by Gasteiger charge is 2.14. The minimum atomic E-state index is 0.0968. The zero-order valence-corrected chi connectivity index (χ0v) is 11.8. The van der Waals surface area contributed by atoms with Crippen LogP contribution in [0.25, 0.3) is 0 Å². The van der Waals surface area contributed by atoms with Crippen molar-refractivity contribution < 1.29 is 0 Å². The van der Waals surface area contributed by atoms with E-state index in [1.807, 2.05) is 36.1 Å². The maximum Gasteiger partial charge on any atom is 0.0794 e. The Morgan fingerprint density at radius 2 is 1.90 bits per heavy atom. The Labute approximate surface area is 122 Å². The van der Waals surface area contributed by atoms with Crippen LogP contribution in [0.1, 0.15) is 22.2 Å². The lowest BCUT2D eigenvalue weighted by Crippen LogP contribution is -2.22. The van der Waals surface area contributed by atoms with Gasteiger partial charge in [0, 0.05) is 23.8 Å². The van der Waals surface area contributed by atoms with E-state index >= 15 is 0 Å². The van der Waals surface area contributed by atoms with Crippen LogP contribution in [0.4, 0.5) is 0 Å². The van der Waals surface area contributed by atoms with E-state index in [4.69, 9.17) is 0 Å². The van der Waals surface area contributed by atoms with E-state index in [-0.39, 0.29) is 6.04 Å². The number of pyridine rings is 1. The van der Waals surface area contributed by atoms with Gasteiger partial charge in [-0.2, -0.15) is 0 Å². The average Bonchev–Trinajstić information content (AvgIpc) is 3.03. The van der Waals surface area contributed by atoms with Crippen LogP contribution in [0, 0.1) is 0 Å². The summed E-state index contributed by atoms with van der Waals surface area (Å²) in [5, 5.41) is 3.56. The molecule has 0 radical (unpaired) electrons. The Morgan fingerprint density at radius 3 is 2.60 bits per heavy atom. The van der Waals surface area contributed by atoms with E-state index in [9.17, 15) is 0 Å². The van der Waals surface area contributed by atoms with Gasteiger partial charge in [0.05, 0.1) is 17.2 Å². The largest absolute Gasteiger partial charge is 0.300 e. The molecule has 1 atom stereocenters. The summed E-state index contributed by atoms with van der Waals surface area (Å²) in [5.41, 5.74) is 4.11. The van der Waals surface area contributed by atoms with Gasteiger partial charge in [-0.05, 0) is 17.7 Å². The highest BCUT2D eigenvalue weighted by molar-refractivity contribution is 7.09. The molecule has 0 amide bonds. The first kappa shape index (κ1) is 13.0. The molecule has 0 saturated heterocycles. The second-order valence-corrected chi connectivity index (χ2v) is 5.42. The summed E-state index contributed by atoms with van der Waals surface area (Å²) in [6.45, 7) is 0.792. The van der Waals surface area contributed by atoms with Crippen LogP contribution in [-0.4, -0.2) is 9.97 Å². The standard InChI is InChI=1S/C16H15N3S/c1-2-6-13(7-3-1)16(15-8-4-5-9-18-15)19-11-14-10-17-12-20-14/h1-10,12,16,19H,11H2. The van der Waals surface area contributed by atoms with E-state index < -0.39 is 0 Å². The van der Waals surface area contributed by atoms with Gasteiger partial charge in [-0.15, -0.1) is 11.3 Å². The van der Waals surface area contributed by atoms with Gasteiger partial charge < -0.3 is 0 Å². The van der Waals surface area contributed by atoms with Crippen molar-refractivity contribution in [2.75, 3.05) is 0 Å². The molecule has 1 unspecified atom stereocenters. The quantitative estimate of drug-likeness (QED) is 0.778. The Balaban J connectivity index is 1.84. The number of nitrogens with zero attached hydrogens (tertiary/aromatic N) is 2. The maximum absolute atomic E-state index is 4.48. The Bertz CT molecular complexity index is 584. The highest BCUT2D eigenvalue weighted by Crippen LogP contribution is 2.20. The minimum Gasteiger partial charge on any atom is -0.300 e. The normalized spacial score (nSPS) is 12.2. The molecule has 20 heavy (non-hydrogen) atoms. The molecule has 4 heteroatoms. The molecule has 3 aromatic rings. The molecule has 2 heterocycles. The fourth-order valence-electron chi connectivity index (χ4n) is 2.12. The number of nitrogens with one attached hydrogen (secondary N) is 1. The summed E-state index contributed by atoms with van der Waals surface area (Å²) in [5.74, 6) is 0. The molecule has 3 rings (SSSR count). The fraction of sp³-hybridized carbons (Fsp3) is 0.125. The summed E-state index contributed by atoms with van der Waals surface area (Å²) in [4.78, 5) is 9.81. The zero-order chi connectivity index (χ0) is 13.6. The Kier molecular flexibility index (Phi) is 4.16. The van der Waals surface area contributed by atoms with E-state index in [0.29, 0.717) is 0 Å². The zero-order valence-electron chi connectivity index (χ0n) is 10.9. The van der Waals surface area contributed by atoms with Gasteiger partial charge in [-0.3, -0.25) is 15.3 Å². The molecule has 1 N–H and O–H groups in total. The molecule has 2 aromatic heterocycles. The van der Waals surface area contributed by atoms with Crippen molar-refractivity contribution in [3.63, 3.8) is 0 Å². The van der Waals surface area contributed by atoms with Crippen molar-refractivity contribution in [1.82, 2.24) is 15.3 Å². The van der Waals surface area contributed by atoms with E-state index in [0.717, 1.165) is 12.2 Å². The summed E-state index contributed by atoms with van der Waals surface area (Å²) in [6.07, 6.45) is 3.73. The van der Waals surface area contributed by atoms with Crippen LogP contribution in [0.5, 0.6) is 0 Å². The molecule has 0 spiro atoms. The molecule has 100 valence electrons. The predicted molar refractivity (Wildman–Crippen MR) is 81.5 cm³/mol. The summed E-state index contributed by atoms with van der Waals surface area (Å²) >= 11 is 1.66. The van der Waals surface area contributed by atoms with Crippen molar-refractivity contribution in [2.45, 2.75) is 12.6 Å². The molecule has 0 aliphatic heterocycles. The number of hydrogen-bond acceptors (Lipinski definition) is 4. The molecule has 0 bridgehead atoms. The highest BCUT2D eigenvalue weighted by atomic mass is 32.1. The first-order chi connectivity index (χ1) is 9.93. The molecule has 3 nitrogen and oxygen atoms in total. The molecular weight excluding hydrogens is 266 g/mol. The molecule has 0 aliphatic rings. The Hall–Kier alpha value is -2.04. The molecule has 0 fully saturated rings. The maximum atomic E-state index is 4.48. The predicted octanol–water partition coefficient (Wildman–Crippen LogP) is 3.42. The van der Waals surface area contributed by atoms with Gasteiger partial charge in [0.15, 0.2) is 0 Å². The smallest absolute Gasteiger partial charge is 0.0794 e. The van der Waals surface area contributed by atoms with Crippen molar-refractivity contribution >= 4 is 11.3 Å². The number of hydrogen-bond donors (Lipinski definition) is 1. The van der Waals surface area contributed by atoms with Crippen LogP contribution >= 0.6 is 11.3 Å². The van der Waals surface area contributed by atoms with Crippen LogP contribution in [0.2, 0.25) is 0 Å². The lowest BCUT2D eigenvalue weighted by atomic mass is 10.0. The topological polar surface area (TPSA) is 37.8 Å². The van der Waals surface area contributed by atoms with Crippen molar-refractivity contribution in [2.24, 2.45) is 0 Å². The molecule has 1 aromatic carbocycles. The van der Waals surface area contributed by atoms with Gasteiger partial charge >= 0.3 is 0 Å². The third kappa shape index (κ3) is 3.10. The number of benzene rings is 1. The second-order valence-electron chi connectivity index (χ2n) is 4.45. The van der Waals surface area contributed by atoms with Gasteiger partial charge in [0.25, 0.3) is 0 Å². The van der Waals surface area contributed by atoms with Crippen LogP contribution in [0.15, 0.2) is 66.4 Å². The lowest BCUT2D eigenvalue weighted by molar-refractivity contribution is 0.596. The van der Waals surface area contributed by atoms with Crippen molar-refractivity contribution in [3.05, 3.63) is 82.6 Å². The Morgan fingerprint density at radius 1 is 1.05 bits per heavy atom. The molecule has 0 saturated carbocycles. The first-order valence-electron chi connectivity index (χ1n) is 6.50. The van der Waals surface area contributed by atoms with Gasteiger partial charge in [0.2, 0.25) is 0 Å². The minimum absolute atomic E-state index is 0.0968. The first-order valence-corrected chi connectivity index (χ1v) is 7.38. The van der Waals surface area contributed by atoms with Crippen molar-refractivity contribution in [3.8, 4) is 0 Å². The van der Waals surface area contributed by atoms with Crippen LogP contribution in [-0.2, 0) is 6.54 Å². The second kappa shape index (κ2) is 6.41. The SMILES string of the molecule is c1ccc(C(NCc2cncs2)c2ccccn2)cc1. The van der Waals surface area contributed by atoms with E-state index in [2.05, 4.69) is 45.6 Å². The van der Waals surface area contributed by atoms with Crippen LogP contribution < -0.4 is 5.32 Å². The summed E-state index contributed by atoms with van der Waals surface area (Å²) in [6, 6.07) is 16.5. The van der Waals surface area contributed by atoms with Gasteiger partial charge in [-0.1, -0.05) is 36.4 Å². The van der Waals surface area contributed by atoms with Crippen molar-refractivity contribution in [1.29, 1.82) is 0 Å². The number of rotatable bonds is 5. The summed E-state index contributed by atoms with van der Waals surface area (Å²) in [7, 11) is 0. The molecule has 0 aliphatic carbocycles. The van der Waals surface area contributed by atoms with Crippen LogP contribution in [0.3, 0.4) is 0 Å². The summed E-state index contributed by atoms with van der Waals surface area (Å²) < 4.78 is 0. The van der Waals surface area contributed by atoms with Gasteiger partial charge in [0.1, 0.15) is 0 Å². The lowest BCUT2D eigenvalue weighted by Gasteiger charge is -2.18. The number of thiazole rings is 1. The van der Waals surface area contributed by atoms with E-state index in [1.165, 1.54) is 10.4 Å². The fourth-order valence-corrected chi connectivity index (χ4v) is 2.66. The average molecular weight is 281 g/mol.